The van der Waals surface area contributed by atoms with Gasteiger partial charge in [0.15, 0.2) is 5.69 Å². The number of nitrogens with zero attached hydrogens (tertiary/aromatic N) is 3. The number of methoxy groups -OCH3 is 1. The van der Waals surface area contributed by atoms with Crippen molar-refractivity contribution >= 4 is 11.9 Å². The minimum absolute atomic E-state index is 0.0328. The molecule has 16 heavy (non-hydrogen) atoms. The summed E-state index contributed by atoms with van der Waals surface area (Å²) in [5.74, 6) is -0.977. The number of rotatable bonds is 2. The standard InChI is InChI=1S/C9H12N4O3/c1-3-5-4-13-7(8(14)10-5)6(11-12-13)9(15)16-2/h5H,3-4H2,1-2H3,(H,10,14)/t5-/m0/s1. The quantitative estimate of drug-likeness (QED) is 0.690. The van der Waals surface area contributed by atoms with Crippen LogP contribution < -0.4 is 5.32 Å². The smallest absolute Gasteiger partial charge is 0.361 e. The normalized spacial score (nSPS) is 18.9. The molecule has 0 aromatic carbocycles. The SMILES string of the molecule is CC[C@H]1Cn2nnc(C(=O)OC)c2C(=O)N1. The zero-order valence-corrected chi connectivity index (χ0v) is 9.06. The fraction of sp³-hybridized carbons (Fsp3) is 0.556. The van der Waals surface area contributed by atoms with Gasteiger partial charge in [-0.1, -0.05) is 12.1 Å². The first-order valence-electron chi connectivity index (χ1n) is 5.00. The third-order valence-corrected chi connectivity index (χ3v) is 2.55. The minimum atomic E-state index is -0.647. The number of nitrogens with one attached hydrogen (secondary N) is 1. The molecule has 1 aromatic heterocycles. The number of carbonyl (C=O) groups excluding carboxylic acids is 2. The third kappa shape index (κ3) is 1.54. The van der Waals surface area contributed by atoms with Gasteiger partial charge in [0.25, 0.3) is 5.91 Å². The molecule has 1 atom stereocenters. The molecule has 0 radical (unpaired) electrons. The second-order valence-electron chi connectivity index (χ2n) is 3.54. The molecule has 1 aromatic rings. The van der Waals surface area contributed by atoms with E-state index in [0.29, 0.717) is 6.54 Å². The molecule has 1 aliphatic rings. The van der Waals surface area contributed by atoms with Crippen LogP contribution >= 0.6 is 0 Å². The van der Waals surface area contributed by atoms with E-state index in [-0.39, 0.29) is 23.3 Å². The van der Waals surface area contributed by atoms with Crippen molar-refractivity contribution in [3.05, 3.63) is 11.4 Å². The Morgan fingerprint density at radius 3 is 3.06 bits per heavy atom. The minimum Gasteiger partial charge on any atom is -0.464 e. The van der Waals surface area contributed by atoms with Gasteiger partial charge in [0.2, 0.25) is 5.69 Å². The molecule has 2 heterocycles. The van der Waals surface area contributed by atoms with Gasteiger partial charge in [-0.05, 0) is 6.42 Å². The van der Waals surface area contributed by atoms with E-state index < -0.39 is 5.97 Å². The summed E-state index contributed by atoms with van der Waals surface area (Å²) >= 11 is 0. The molecule has 0 fully saturated rings. The topological polar surface area (TPSA) is 86.1 Å². The molecule has 2 rings (SSSR count). The summed E-state index contributed by atoms with van der Waals surface area (Å²) in [5.41, 5.74) is 0.145. The van der Waals surface area contributed by atoms with Crippen molar-refractivity contribution in [2.24, 2.45) is 0 Å². The van der Waals surface area contributed by atoms with Gasteiger partial charge in [0, 0.05) is 6.04 Å². The molecule has 0 aliphatic carbocycles. The number of aromatic nitrogens is 3. The average molecular weight is 224 g/mol. The molecule has 1 amide bonds. The molecule has 1 aliphatic heterocycles. The highest BCUT2D eigenvalue weighted by Gasteiger charge is 2.31. The van der Waals surface area contributed by atoms with E-state index in [0.717, 1.165) is 6.42 Å². The predicted molar refractivity (Wildman–Crippen MR) is 52.9 cm³/mol. The summed E-state index contributed by atoms with van der Waals surface area (Å²) in [6.45, 7) is 2.50. The largest absolute Gasteiger partial charge is 0.464 e. The number of hydrogen-bond donors (Lipinski definition) is 1. The van der Waals surface area contributed by atoms with Crippen LogP contribution in [-0.2, 0) is 11.3 Å². The van der Waals surface area contributed by atoms with Crippen molar-refractivity contribution in [3.63, 3.8) is 0 Å². The zero-order valence-electron chi connectivity index (χ0n) is 9.06. The van der Waals surface area contributed by atoms with Gasteiger partial charge in [-0.3, -0.25) is 4.79 Å². The number of ether oxygens (including phenoxy) is 1. The summed E-state index contributed by atoms with van der Waals surface area (Å²) in [5, 5.41) is 10.2. The van der Waals surface area contributed by atoms with Crippen LogP contribution in [0.3, 0.4) is 0 Å². The summed E-state index contributed by atoms with van der Waals surface area (Å²) < 4.78 is 5.97. The molecule has 0 saturated carbocycles. The summed E-state index contributed by atoms with van der Waals surface area (Å²) in [7, 11) is 1.24. The van der Waals surface area contributed by atoms with Crippen LogP contribution in [0.25, 0.3) is 0 Å². The Morgan fingerprint density at radius 1 is 1.69 bits per heavy atom. The monoisotopic (exact) mass is 224 g/mol. The van der Waals surface area contributed by atoms with Crippen molar-refractivity contribution in [3.8, 4) is 0 Å². The fourth-order valence-electron chi connectivity index (χ4n) is 1.64. The molecule has 1 N–H and O–H groups in total. The van der Waals surface area contributed by atoms with Gasteiger partial charge < -0.3 is 10.1 Å². The van der Waals surface area contributed by atoms with E-state index in [9.17, 15) is 9.59 Å². The van der Waals surface area contributed by atoms with Gasteiger partial charge in [-0.2, -0.15) is 0 Å². The molecule has 86 valence electrons. The molecular formula is C9H12N4O3. The van der Waals surface area contributed by atoms with Crippen molar-refractivity contribution in [1.29, 1.82) is 0 Å². The number of hydrogen-bond acceptors (Lipinski definition) is 5. The average Bonchev–Trinajstić information content (AvgIpc) is 2.72. The molecule has 0 spiro atoms. The number of amides is 1. The lowest BCUT2D eigenvalue weighted by molar-refractivity contribution is 0.0588. The summed E-state index contributed by atoms with van der Waals surface area (Å²) in [4.78, 5) is 23.1. The zero-order chi connectivity index (χ0) is 11.7. The Kier molecular flexibility index (Phi) is 2.59. The first-order chi connectivity index (χ1) is 7.67. The Labute approximate surface area is 91.8 Å². The van der Waals surface area contributed by atoms with Gasteiger partial charge >= 0.3 is 5.97 Å². The summed E-state index contributed by atoms with van der Waals surface area (Å²) in [6.07, 6.45) is 0.804. The van der Waals surface area contributed by atoms with Crippen molar-refractivity contribution in [2.45, 2.75) is 25.9 Å². The Morgan fingerprint density at radius 2 is 2.44 bits per heavy atom. The first-order valence-corrected chi connectivity index (χ1v) is 5.00. The van der Waals surface area contributed by atoms with Crippen molar-refractivity contribution in [2.75, 3.05) is 7.11 Å². The first kappa shape index (κ1) is 10.6. The highest BCUT2D eigenvalue weighted by Crippen LogP contribution is 2.13. The maximum Gasteiger partial charge on any atom is 0.361 e. The second kappa shape index (κ2) is 3.92. The van der Waals surface area contributed by atoms with E-state index in [2.05, 4.69) is 20.4 Å². The van der Waals surface area contributed by atoms with Crippen LogP contribution in [0.2, 0.25) is 0 Å². The highest BCUT2D eigenvalue weighted by molar-refractivity contribution is 6.03. The molecule has 7 heteroatoms. The molecule has 0 bridgehead atoms. The van der Waals surface area contributed by atoms with Crippen LogP contribution in [0.5, 0.6) is 0 Å². The molecule has 7 nitrogen and oxygen atoms in total. The van der Waals surface area contributed by atoms with Gasteiger partial charge in [0.05, 0.1) is 13.7 Å². The van der Waals surface area contributed by atoms with Gasteiger partial charge in [0.1, 0.15) is 0 Å². The molecular weight excluding hydrogens is 212 g/mol. The van der Waals surface area contributed by atoms with Crippen LogP contribution in [0, 0.1) is 0 Å². The van der Waals surface area contributed by atoms with Gasteiger partial charge in [-0.25, -0.2) is 9.48 Å². The van der Waals surface area contributed by atoms with E-state index in [1.54, 1.807) is 0 Å². The van der Waals surface area contributed by atoms with Crippen molar-refractivity contribution in [1.82, 2.24) is 20.3 Å². The van der Waals surface area contributed by atoms with E-state index in [4.69, 9.17) is 0 Å². The van der Waals surface area contributed by atoms with E-state index >= 15 is 0 Å². The lowest BCUT2D eigenvalue weighted by atomic mass is 10.1. The Hall–Kier alpha value is -1.92. The fourth-order valence-corrected chi connectivity index (χ4v) is 1.64. The predicted octanol–water partition coefficient (Wildman–Crippen LogP) is -0.413. The van der Waals surface area contributed by atoms with E-state index in [1.807, 2.05) is 6.92 Å². The van der Waals surface area contributed by atoms with Crippen LogP contribution in [0.4, 0.5) is 0 Å². The number of esters is 1. The lowest BCUT2D eigenvalue weighted by Gasteiger charge is -2.22. The lowest BCUT2D eigenvalue weighted by Crippen LogP contribution is -2.44. The van der Waals surface area contributed by atoms with Crippen LogP contribution in [0.15, 0.2) is 0 Å². The van der Waals surface area contributed by atoms with Crippen molar-refractivity contribution < 1.29 is 14.3 Å². The maximum atomic E-state index is 11.7. The van der Waals surface area contributed by atoms with Crippen LogP contribution in [-0.4, -0.2) is 40.0 Å². The number of carbonyl (C=O) groups is 2. The summed E-state index contributed by atoms with van der Waals surface area (Å²) in [6, 6.07) is 0.0344. The highest BCUT2D eigenvalue weighted by atomic mass is 16.5. The maximum absolute atomic E-state index is 11.7. The second-order valence-corrected chi connectivity index (χ2v) is 3.54. The Bertz CT molecular complexity index is 440. The number of fused-ring (bicyclic) bond motifs is 1. The molecule has 0 saturated heterocycles. The van der Waals surface area contributed by atoms with Gasteiger partial charge in [-0.15, -0.1) is 5.10 Å². The van der Waals surface area contributed by atoms with Crippen LogP contribution in [0.1, 0.15) is 34.3 Å². The Balaban J connectivity index is 2.39. The van der Waals surface area contributed by atoms with E-state index in [1.165, 1.54) is 11.8 Å². The third-order valence-electron chi connectivity index (χ3n) is 2.55. The molecule has 0 unspecified atom stereocenters.